The summed E-state index contributed by atoms with van der Waals surface area (Å²) in [5.41, 5.74) is -1.87. The maximum Gasteiger partial charge on any atom is 0.312 e. The van der Waals surface area contributed by atoms with E-state index in [9.17, 15) is 19.5 Å². The predicted molar refractivity (Wildman–Crippen MR) is 136 cm³/mol. The van der Waals surface area contributed by atoms with E-state index in [4.69, 9.17) is 14.2 Å². The fourth-order valence-corrected chi connectivity index (χ4v) is 6.81. The van der Waals surface area contributed by atoms with Crippen molar-refractivity contribution in [3.63, 3.8) is 0 Å². The summed E-state index contributed by atoms with van der Waals surface area (Å²) in [5, 5.41) is 9.21. The van der Waals surface area contributed by atoms with Gasteiger partial charge in [-0.25, -0.2) is 0 Å². The SMILES string of the molecule is C=CCN(CCN1CCOCC1)C(=O)C1N(CCCCCO)C(=O)[C@@H]2[C@H](C(=O)OCC)[C@]3(C)CCC12O3. The highest BCUT2D eigenvalue weighted by molar-refractivity contribution is 5.98. The molecule has 1 spiro atoms. The lowest BCUT2D eigenvalue weighted by molar-refractivity contribution is -0.160. The van der Waals surface area contributed by atoms with Gasteiger partial charge in [-0.05, 0) is 46.0 Å². The molecule has 2 bridgehead atoms. The van der Waals surface area contributed by atoms with Crippen molar-refractivity contribution in [1.29, 1.82) is 0 Å². The molecule has 4 heterocycles. The van der Waals surface area contributed by atoms with E-state index in [0.717, 1.165) is 19.5 Å². The van der Waals surface area contributed by atoms with Gasteiger partial charge in [0.1, 0.15) is 17.6 Å². The second-order valence-corrected chi connectivity index (χ2v) is 10.8. The summed E-state index contributed by atoms with van der Waals surface area (Å²) in [5.74, 6) is -2.24. The fourth-order valence-electron chi connectivity index (χ4n) is 6.81. The molecule has 208 valence electrons. The van der Waals surface area contributed by atoms with Crippen LogP contribution in [0.15, 0.2) is 12.7 Å². The molecule has 1 N–H and O–H groups in total. The highest BCUT2D eigenvalue weighted by Gasteiger charge is 2.78. The Kier molecular flexibility index (Phi) is 8.93. The molecule has 10 heteroatoms. The van der Waals surface area contributed by atoms with Crippen LogP contribution in [-0.2, 0) is 28.6 Å². The zero-order valence-corrected chi connectivity index (χ0v) is 22.4. The maximum absolute atomic E-state index is 14.3. The third-order valence-electron chi connectivity index (χ3n) is 8.56. The average Bonchev–Trinajstić information content (AvgIpc) is 3.45. The monoisotopic (exact) mass is 521 g/mol. The molecular weight excluding hydrogens is 478 g/mol. The second kappa shape index (κ2) is 11.8. The Labute approximate surface area is 219 Å². The Bertz CT molecular complexity index is 863. The summed E-state index contributed by atoms with van der Waals surface area (Å²) in [4.78, 5) is 47.1. The zero-order chi connectivity index (χ0) is 26.6. The van der Waals surface area contributed by atoms with Gasteiger partial charge in [0.2, 0.25) is 11.8 Å². The van der Waals surface area contributed by atoms with Crippen LogP contribution >= 0.6 is 0 Å². The van der Waals surface area contributed by atoms with E-state index in [1.807, 2.05) is 6.92 Å². The molecule has 0 aromatic carbocycles. The van der Waals surface area contributed by atoms with Gasteiger partial charge in [-0.3, -0.25) is 19.3 Å². The van der Waals surface area contributed by atoms with Crippen molar-refractivity contribution in [1.82, 2.24) is 14.7 Å². The Morgan fingerprint density at radius 2 is 1.97 bits per heavy atom. The Balaban J connectivity index is 1.62. The summed E-state index contributed by atoms with van der Waals surface area (Å²) in [6.45, 7) is 12.8. The molecule has 37 heavy (non-hydrogen) atoms. The molecule has 10 nitrogen and oxygen atoms in total. The van der Waals surface area contributed by atoms with Crippen LogP contribution in [0.2, 0.25) is 0 Å². The summed E-state index contributed by atoms with van der Waals surface area (Å²) >= 11 is 0. The molecule has 2 unspecified atom stereocenters. The van der Waals surface area contributed by atoms with Gasteiger partial charge in [0.25, 0.3) is 0 Å². The summed E-state index contributed by atoms with van der Waals surface area (Å²) in [6, 6.07) is -0.801. The van der Waals surface area contributed by atoms with Crippen LogP contribution < -0.4 is 0 Å². The first kappa shape index (κ1) is 28.0. The predicted octanol–water partition coefficient (Wildman–Crippen LogP) is 0.824. The molecule has 4 saturated heterocycles. The van der Waals surface area contributed by atoms with E-state index in [1.54, 1.807) is 22.8 Å². The number of hydrogen-bond acceptors (Lipinski definition) is 8. The minimum Gasteiger partial charge on any atom is -0.466 e. The van der Waals surface area contributed by atoms with E-state index < -0.39 is 35.0 Å². The molecule has 0 aliphatic carbocycles. The molecule has 5 atom stereocenters. The number of carbonyl (C=O) groups is 3. The number of likely N-dealkylation sites (tertiary alicyclic amines) is 1. The molecule has 4 aliphatic heterocycles. The lowest BCUT2D eigenvalue weighted by Gasteiger charge is -2.37. The van der Waals surface area contributed by atoms with Gasteiger partial charge in [0.15, 0.2) is 0 Å². The molecule has 2 amide bonds. The number of unbranched alkanes of at least 4 members (excludes halogenated alkanes) is 2. The first-order chi connectivity index (χ1) is 17.8. The van der Waals surface area contributed by atoms with Crippen molar-refractivity contribution in [2.75, 3.05) is 65.7 Å². The lowest BCUT2D eigenvalue weighted by atomic mass is 9.66. The largest absolute Gasteiger partial charge is 0.466 e. The molecule has 0 aromatic heterocycles. The Morgan fingerprint density at radius 1 is 1.22 bits per heavy atom. The van der Waals surface area contributed by atoms with Crippen molar-refractivity contribution < 1.29 is 33.7 Å². The van der Waals surface area contributed by atoms with E-state index >= 15 is 0 Å². The van der Waals surface area contributed by atoms with Crippen LogP contribution in [0.5, 0.6) is 0 Å². The van der Waals surface area contributed by atoms with Crippen LogP contribution in [-0.4, -0.2) is 121 Å². The molecule has 4 fully saturated rings. The number of carbonyl (C=O) groups excluding carboxylic acids is 3. The Morgan fingerprint density at radius 3 is 2.65 bits per heavy atom. The van der Waals surface area contributed by atoms with Gasteiger partial charge in [-0.1, -0.05) is 6.08 Å². The maximum atomic E-state index is 14.3. The number of morpholine rings is 1. The smallest absolute Gasteiger partial charge is 0.312 e. The third-order valence-corrected chi connectivity index (χ3v) is 8.56. The number of aliphatic hydroxyl groups excluding tert-OH is 1. The molecule has 0 saturated carbocycles. The van der Waals surface area contributed by atoms with Crippen LogP contribution in [0, 0.1) is 11.8 Å². The van der Waals surface area contributed by atoms with Gasteiger partial charge in [-0.2, -0.15) is 0 Å². The van der Waals surface area contributed by atoms with E-state index in [2.05, 4.69) is 11.5 Å². The number of hydrogen-bond donors (Lipinski definition) is 1. The van der Waals surface area contributed by atoms with Gasteiger partial charge in [-0.15, -0.1) is 6.58 Å². The third kappa shape index (κ3) is 5.17. The number of amides is 2. The number of rotatable bonds is 13. The first-order valence-corrected chi connectivity index (χ1v) is 13.8. The Hall–Kier alpha value is -2.01. The lowest BCUT2D eigenvalue weighted by Crippen LogP contribution is -2.57. The van der Waals surface area contributed by atoms with Crippen molar-refractivity contribution in [3.8, 4) is 0 Å². The fraction of sp³-hybridized carbons (Fsp3) is 0.815. The van der Waals surface area contributed by atoms with Crippen LogP contribution in [0.25, 0.3) is 0 Å². The van der Waals surface area contributed by atoms with E-state index in [0.29, 0.717) is 65.1 Å². The zero-order valence-electron chi connectivity index (χ0n) is 22.4. The first-order valence-electron chi connectivity index (χ1n) is 13.8. The topological polar surface area (TPSA) is 109 Å². The minimum atomic E-state index is -1.05. The molecule has 0 radical (unpaired) electrons. The molecular formula is C27H43N3O7. The number of esters is 1. The van der Waals surface area contributed by atoms with Crippen LogP contribution in [0.1, 0.15) is 46.0 Å². The quantitative estimate of drug-likeness (QED) is 0.216. The highest BCUT2D eigenvalue weighted by atomic mass is 16.6. The highest BCUT2D eigenvalue weighted by Crippen LogP contribution is 2.63. The van der Waals surface area contributed by atoms with Crippen LogP contribution in [0.3, 0.4) is 0 Å². The summed E-state index contributed by atoms with van der Waals surface area (Å²) in [6.07, 6.45) is 4.89. The van der Waals surface area contributed by atoms with Gasteiger partial charge < -0.3 is 29.1 Å². The molecule has 4 rings (SSSR count). The standard InChI is InChI=1S/C27H43N3O7/c1-4-11-29(14-13-28-15-18-35-19-16-28)24(33)22-27-10-9-26(3,37-27)21(25(34)36-5-2)20(27)23(32)30(22)12-7-6-8-17-31/h4,20-22,31H,1,5-19H2,2-3H3/t20-,21+,22?,26-,27?/m0/s1. The number of nitrogens with zero attached hydrogens (tertiary/aromatic N) is 3. The summed E-state index contributed by atoms with van der Waals surface area (Å²) < 4.78 is 17.5. The van der Waals surface area contributed by atoms with Crippen molar-refractivity contribution in [2.24, 2.45) is 11.8 Å². The summed E-state index contributed by atoms with van der Waals surface area (Å²) in [7, 11) is 0. The van der Waals surface area contributed by atoms with Gasteiger partial charge >= 0.3 is 5.97 Å². The van der Waals surface area contributed by atoms with E-state index in [-0.39, 0.29) is 25.0 Å². The van der Waals surface area contributed by atoms with Crippen molar-refractivity contribution >= 4 is 17.8 Å². The molecule has 4 aliphatic rings. The number of ether oxygens (including phenoxy) is 3. The number of fused-ring (bicyclic) bond motifs is 1. The van der Waals surface area contributed by atoms with Crippen molar-refractivity contribution in [2.45, 2.75) is 63.2 Å². The van der Waals surface area contributed by atoms with Crippen molar-refractivity contribution in [3.05, 3.63) is 12.7 Å². The van der Waals surface area contributed by atoms with Crippen LogP contribution in [0.4, 0.5) is 0 Å². The second-order valence-electron chi connectivity index (χ2n) is 10.8. The number of aliphatic hydroxyl groups is 1. The average molecular weight is 522 g/mol. The normalized spacial score (nSPS) is 33.0. The molecule has 0 aromatic rings. The minimum absolute atomic E-state index is 0.0872. The van der Waals surface area contributed by atoms with Gasteiger partial charge in [0.05, 0.1) is 31.3 Å². The van der Waals surface area contributed by atoms with E-state index in [1.165, 1.54) is 0 Å². The van der Waals surface area contributed by atoms with Gasteiger partial charge in [0, 0.05) is 45.9 Å².